The van der Waals surface area contributed by atoms with E-state index in [4.69, 9.17) is 9.47 Å². The number of amides is 1. The normalized spacial score (nSPS) is 10.5. The first-order chi connectivity index (χ1) is 12.2. The van der Waals surface area contributed by atoms with Crippen LogP contribution in [0.4, 0.5) is 5.69 Å². The van der Waals surface area contributed by atoms with Gasteiger partial charge in [0.1, 0.15) is 11.5 Å². The number of methoxy groups -OCH3 is 1. The molecule has 4 nitrogen and oxygen atoms in total. The van der Waals surface area contributed by atoms with E-state index < -0.39 is 0 Å². The number of nitrogens with one attached hydrogen (secondary N) is 1. The Labute approximate surface area is 147 Å². The minimum atomic E-state index is -0.181. The number of fused-ring (bicyclic) bond motifs is 1. The molecule has 0 saturated carbocycles. The quantitative estimate of drug-likeness (QED) is 0.725. The average molecular weight is 335 g/mol. The van der Waals surface area contributed by atoms with E-state index >= 15 is 0 Å². The molecule has 0 radical (unpaired) electrons. The first-order valence-electron chi connectivity index (χ1n) is 8.27. The summed E-state index contributed by atoms with van der Waals surface area (Å²) in [5.41, 5.74) is 1.97. The summed E-state index contributed by atoms with van der Waals surface area (Å²) in [6, 6.07) is 19.4. The maximum atomic E-state index is 12.1. The first kappa shape index (κ1) is 16.8. The van der Waals surface area contributed by atoms with Crippen molar-refractivity contribution in [2.24, 2.45) is 0 Å². The molecule has 0 aliphatic rings. The molecule has 0 saturated heterocycles. The first-order valence-corrected chi connectivity index (χ1v) is 8.27. The molecule has 0 aliphatic heterocycles. The lowest BCUT2D eigenvalue weighted by Gasteiger charge is -2.09. The summed E-state index contributed by atoms with van der Waals surface area (Å²) in [5.74, 6) is 1.26. The highest BCUT2D eigenvalue weighted by Gasteiger charge is 2.05. The molecular formula is C21H21NO3. The summed E-state index contributed by atoms with van der Waals surface area (Å²) in [6.07, 6.45) is 0.931. The van der Waals surface area contributed by atoms with Gasteiger partial charge in [0.2, 0.25) is 0 Å². The Morgan fingerprint density at radius 1 is 0.960 bits per heavy atom. The molecule has 3 aromatic carbocycles. The zero-order valence-electron chi connectivity index (χ0n) is 14.4. The third kappa shape index (κ3) is 4.29. The Balaban J connectivity index is 1.64. The minimum absolute atomic E-state index is 0.0359. The number of aryl methyl sites for hydroxylation is 1. The van der Waals surface area contributed by atoms with Crippen LogP contribution in [-0.2, 0) is 11.2 Å². The van der Waals surface area contributed by atoms with Gasteiger partial charge in [-0.3, -0.25) is 4.79 Å². The molecule has 0 aromatic heterocycles. The number of hydrogen-bond donors (Lipinski definition) is 1. The number of carbonyl (C=O) groups excluding carboxylic acids is 1. The van der Waals surface area contributed by atoms with Crippen LogP contribution in [0.15, 0.2) is 60.7 Å². The number of hydrogen-bond acceptors (Lipinski definition) is 3. The van der Waals surface area contributed by atoms with Gasteiger partial charge in [-0.05, 0) is 59.2 Å². The lowest BCUT2D eigenvalue weighted by Crippen LogP contribution is -2.20. The highest BCUT2D eigenvalue weighted by atomic mass is 16.5. The van der Waals surface area contributed by atoms with Gasteiger partial charge in [0, 0.05) is 5.69 Å². The lowest BCUT2D eigenvalue weighted by molar-refractivity contribution is -0.118. The summed E-state index contributed by atoms with van der Waals surface area (Å²) in [5, 5.41) is 4.96. The van der Waals surface area contributed by atoms with Crippen molar-refractivity contribution in [3.8, 4) is 11.5 Å². The number of benzene rings is 3. The molecular weight excluding hydrogens is 314 g/mol. The third-order valence-corrected chi connectivity index (χ3v) is 4.01. The van der Waals surface area contributed by atoms with E-state index in [-0.39, 0.29) is 12.5 Å². The zero-order valence-corrected chi connectivity index (χ0v) is 14.4. The largest absolute Gasteiger partial charge is 0.497 e. The molecule has 128 valence electrons. The summed E-state index contributed by atoms with van der Waals surface area (Å²) in [4.78, 5) is 12.1. The van der Waals surface area contributed by atoms with Gasteiger partial charge in [-0.15, -0.1) is 0 Å². The highest BCUT2D eigenvalue weighted by Crippen LogP contribution is 2.25. The SMILES string of the molecule is CCc1cccc(NC(=O)COc2ccc3ccc(OC)cc3c2)c1. The van der Waals surface area contributed by atoms with Gasteiger partial charge in [-0.25, -0.2) is 0 Å². The topological polar surface area (TPSA) is 47.6 Å². The maximum Gasteiger partial charge on any atom is 0.262 e. The van der Waals surface area contributed by atoms with Crippen molar-refractivity contribution < 1.29 is 14.3 Å². The van der Waals surface area contributed by atoms with Crippen molar-refractivity contribution in [1.82, 2.24) is 0 Å². The second-order valence-corrected chi connectivity index (χ2v) is 5.77. The molecule has 3 rings (SSSR count). The van der Waals surface area contributed by atoms with Crippen molar-refractivity contribution in [1.29, 1.82) is 0 Å². The fourth-order valence-corrected chi connectivity index (χ4v) is 2.63. The van der Waals surface area contributed by atoms with Crippen LogP contribution in [0.3, 0.4) is 0 Å². The molecule has 4 heteroatoms. The Morgan fingerprint density at radius 3 is 2.48 bits per heavy atom. The van der Waals surface area contributed by atoms with Crippen LogP contribution < -0.4 is 14.8 Å². The van der Waals surface area contributed by atoms with E-state index in [1.807, 2.05) is 60.7 Å². The summed E-state index contributed by atoms with van der Waals surface area (Å²) in [7, 11) is 1.64. The van der Waals surface area contributed by atoms with Crippen molar-refractivity contribution in [2.45, 2.75) is 13.3 Å². The number of carbonyl (C=O) groups is 1. The van der Waals surface area contributed by atoms with Crippen LogP contribution in [0.5, 0.6) is 11.5 Å². The molecule has 1 amide bonds. The maximum absolute atomic E-state index is 12.1. The molecule has 3 aromatic rings. The van der Waals surface area contributed by atoms with E-state index in [1.165, 1.54) is 5.56 Å². The molecule has 1 N–H and O–H groups in total. The Morgan fingerprint density at radius 2 is 1.72 bits per heavy atom. The summed E-state index contributed by atoms with van der Waals surface area (Å²) in [6.45, 7) is 2.05. The van der Waals surface area contributed by atoms with Crippen molar-refractivity contribution >= 4 is 22.4 Å². The van der Waals surface area contributed by atoms with Crippen LogP contribution in [0.2, 0.25) is 0 Å². The van der Waals surface area contributed by atoms with Gasteiger partial charge < -0.3 is 14.8 Å². The van der Waals surface area contributed by atoms with E-state index in [0.717, 1.165) is 28.6 Å². The van der Waals surface area contributed by atoms with Crippen molar-refractivity contribution in [3.63, 3.8) is 0 Å². The van der Waals surface area contributed by atoms with E-state index in [0.29, 0.717) is 5.75 Å². The van der Waals surface area contributed by atoms with Crippen LogP contribution >= 0.6 is 0 Å². The van der Waals surface area contributed by atoms with E-state index in [9.17, 15) is 4.79 Å². The van der Waals surface area contributed by atoms with Gasteiger partial charge in [0.15, 0.2) is 6.61 Å². The molecule has 0 fully saturated rings. The summed E-state index contributed by atoms with van der Waals surface area (Å²) < 4.78 is 10.9. The molecule has 0 unspecified atom stereocenters. The number of ether oxygens (including phenoxy) is 2. The van der Waals surface area contributed by atoms with Gasteiger partial charge >= 0.3 is 0 Å². The third-order valence-electron chi connectivity index (χ3n) is 4.01. The predicted molar refractivity (Wildman–Crippen MR) is 100 cm³/mol. The monoisotopic (exact) mass is 335 g/mol. The Bertz CT molecular complexity index is 889. The van der Waals surface area contributed by atoms with Gasteiger partial charge in [-0.2, -0.15) is 0 Å². The molecule has 0 spiro atoms. The predicted octanol–water partition coefficient (Wildman–Crippen LogP) is 4.43. The van der Waals surface area contributed by atoms with Crippen LogP contribution in [0, 0.1) is 0 Å². The second kappa shape index (κ2) is 7.71. The van der Waals surface area contributed by atoms with Crippen molar-refractivity contribution in [3.05, 3.63) is 66.2 Å². The van der Waals surface area contributed by atoms with Gasteiger partial charge in [-0.1, -0.05) is 31.2 Å². The summed E-state index contributed by atoms with van der Waals surface area (Å²) >= 11 is 0. The van der Waals surface area contributed by atoms with Crippen LogP contribution in [-0.4, -0.2) is 19.6 Å². The minimum Gasteiger partial charge on any atom is -0.497 e. The average Bonchev–Trinajstić information content (AvgIpc) is 2.65. The van der Waals surface area contributed by atoms with Gasteiger partial charge in [0.25, 0.3) is 5.91 Å². The van der Waals surface area contributed by atoms with Gasteiger partial charge in [0.05, 0.1) is 7.11 Å². The molecule has 25 heavy (non-hydrogen) atoms. The van der Waals surface area contributed by atoms with Crippen LogP contribution in [0.1, 0.15) is 12.5 Å². The highest BCUT2D eigenvalue weighted by molar-refractivity contribution is 5.92. The Kier molecular flexibility index (Phi) is 5.19. The lowest BCUT2D eigenvalue weighted by atomic mass is 10.1. The molecule has 0 bridgehead atoms. The smallest absolute Gasteiger partial charge is 0.262 e. The second-order valence-electron chi connectivity index (χ2n) is 5.77. The fraction of sp³-hybridized carbons (Fsp3) is 0.190. The number of anilines is 1. The molecule has 0 atom stereocenters. The standard InChI is InChI=1S/C21H21NO3/c1-3-15-5-4-6-18(11-15)22-21(23)14-25-20-10-8-16-7-9-19(24-2)12-17(16)13-20/h4-13H,3,14H2,1-2H3,(H,22,23). The number of rotatable bonds is 6. The van der Waals surface area contributed by atoms with E-state index in [1.54, 1.807) is 7.11 Å². The zero-order chi connectivity index (χ0) is 17.6. The molecule has 0 aliphatic carbocycles. The van der Waals surface area contributed by atoms with E-state index in [2.05, 4.69) is 12.2 Å². The molecule has 0 heterocycles. The van der Waals surface area contributed by atoms with Crippen molar-refractivity contribution in [2.75, 3.05) is 19.0 Å². The Hall–Kier alpha value is -3.01. The van der Waals surface area contributed by atoms with Crippen LogP contribution in [0.25, 0.3) is 10.8 Å². The fourth-order valence-electron chi connectivity index (χ4n) is 2.63.